The molecule has 0 radical (unpaired) electrons. The zero-order valence-corrected chi connectivity index (χ0v) is 11.5. The molecule has 0 saturated carbocycles. The third-order valence-corrected chi connectivity index (χ3v) is 3.30. The Hall–Kier alpha value is -2.33. The summed E-state index contributed by atoms with van der Waals surface area (Å²) in [5.74, 6) is 0.134. The van der Waals surface area contributed by atoms with Crippen molar-refractivity contribution in [1.29, 1.82) is 0 Å². The summed E-state index contributed by atoms with van der Waals surface area (Å²) in [4.78, 5) is 0. The van der Waals surface area contributed by atoms with Crippen LogP contribution in [-0.4, -0.2) is 11.0 Å². The van der Waals surface area contributed by atoms with Gasteiger partial charge in [0.05, 0.1) is 0 Å². The van der Waals surface area contributed by atoms with Crippen molar-refractivity contribution in [3.63, 3.8) is 0 Å². The Morgan fingerprint density at radius 2 is 1.80 bits per heavy atom. The molecule has 104 valence electrons. The standard InChI is InChI=1S/C16H19N3O/c1-12(13-7-3-2-4-8-13)18-11-14-9-5-6-10-15(14)16(17)19-20/h2-10,12,18,20H,11H2,1H3,(H2,17,19)/t12-/m1/s1. The quantitative estimate of drug-likeness (QED) is 0.338. The Morgan fingerprint density at radius 1 is 1.15 bits per heavy atom. The van der Waals surface area contributed by atoms with Crippen LogP contribution in [0.2, 0.25) is 0 Å². The molecule has 0 spiro atoms. The van der Waals surface area contributed by atoms with Gasteiger partial charge < -0.3 is 16.3 Å². The van der Waals surface area contributed by atoms with Crippen LogP contribution < -0.4 is 11.1 Å². The van der Waals surface area contributed by atoms with E-state index in [1.165, 1.54) is 5.56 Å². The smallest absolute Gasteiger partial charge is 0.170 e. The lowest BCUT2D eigenvalue weighted by atomic mass is 10.0. The summed E-state index contributed by atoms with van der Waals surface area (Å²) < 4.78 is 0. The van der Waals surface area contributed by atoms with E-state index in [2.05, 4.69) is 29.5 Å². The summed E-state index contributed by atoms with van der Waals surface area (Å²) in [5.41, 5.74) is 8.67. The summed E-state index contributed by atoms with van der Waals surface area (Å²) in [6.45, 7) is 2.77. The number of nitrogens with two attached hydrogens (primary N) is 1. The van der Waals surface area contributed by atoms with Crippen molar-refractivity contribution < 1.29 is 5.21 Å². The fourth-order valence-electron chi connectivity index (χ4n) is 2.10. The van der Waals surface area contributed by atoms with Crippen LogP contribution in [0.25, 0.3) is 0 Å². The number of nitrogens with one attached hydrogen (secondary N) is 1. The van der Waals surface area contributed by atoms with E-state index in [-0.39, 0.29) is 11.9 Å². The van der Waals surface area contributed by atoms with Gasteiger partial charge in [-0.15, -0.1) is 0 Å². The zero-order valence-electron chi connectivity index (χ0n) is 11.5. The van der Waals surface area contributed by atoms with Crippen molar-refractivity contribution in [1.82, 2.24) is 5.32 Å². The Balaban J connectivity index is 2.08. The molecule has 0 fully saturated rings. The Labute approximate surface area is 118 Å². The minimum Gasteiger partial charge on any atom is -0.409 e. The van der Waals surface area contributed by atoms with Crippen molar-refractivity contribution in [2.45, 2.75) is 19.5 Å². The van der Waals surface area contributed by atoms with Gasteiger partial charge in [-0.2, -0.15) is 0 Å². The van der Waals surface area contributed by atoms with E-state index in [4.69, 9.17) is 10.9 Å². The van der Waals surface area contributed by atoms with Gasteiger partial charge in [0.2, 0.25) is 0 Å². The highest BCUT2D eigenvalue weighted by Crippen LogP contribution is 2.14. The van der Waals surface area contributed by atoms with Gasteiger partial charge in [-0.3, -0.25) is 0 Å². The summed E-state index contributed by atoms with van der Waals surface area (Å²) in [6, 6.07) is 18.1. The fraction of sp³-hybridized carbons (Fsp3) is 0.188. The average molecular weight is 269 g/mol. The number of rotatable bonds is 5. The lowest BCUT2D eigenvalue weighted by Gasteiger charge is -2.15. The molecule has 4 nitrogen and oxygen atoms in total. The monoisotopic (exact) mass is 269 g/mol. The highest BCUT2D eigenvalue weighted by atomic mass is 16.4. The van der Waals surface area contributed by atoms with Crippen LogP contribution in [0, 0.1) is 0 Å². The molecule has 0 bridgehead atoms. The molecule has 4 heteroatoms. The number of nitrogens with zero attached hydrogens (tertiary/aromatic N) is 1. The molecule has 4 N–H and O–H groups in total. The summed E-state index contributed by atoms with van der Waals surface area (Å²) >= 11 is 0. The number of oxime groups is 1. The molecule has 2 aromatic rings. The maximum atomic E-state index is 8.81. The van der Waals surface area contributed by atoms with E-state index in [9.17, 15) is 0 Å². The molecular weight excluding hydrogens is 250 g/mol. The molecule has 0 aliphatic rings. The van der Waals surface area contributed by atoms with Crippen LogP contribution in [0.1, 0.15) is 29.7 Å². The first kappa shape index (κ1) is 14.1. The van der Waals surface area contributed by atoms with Crippen LogP contribution in [0.3, 0.4) is 0 Å². The number of benzene rings is 2. The summed E-state index contributed by atoms with van der Waals surface area (Å²) in [5, 5.41) is 15.3. The summed E-state index contributed by atoms with van der Waals surface area (Å²) in [7, 11) is 0. The van der Waals surface area contributed by atoms with Gasteiger partial charge >= 0.3 is 0 Å². The third-order valence-electron chi connectivity index (χ3n) is 3.30. The Morgan fingerprint density at radius 3 is 2.50 bits per heavy atom. The van der Waals surface area contributed by atoms with Gasteiger partial charge in [0, 0.05) is 18.2 Å². The normalized spacial score (nSPS) is 13.2. The predicted molar refractivity (Wildman–Crippen MR) is 80.6 cm³/mol. The molecule has 0 aliphatic carbocycles. The van der Waals surface area contributed by atoms with Gasteiger partial charge in [0.15, 0.2) is 5.84 Å². The molecule has 0 unspecified atom stereocenters. The lowest BCUT2D eigenvalue weighted by Crippen LogP contribution is -2.22. The number of amidine groups is 1. The third kappa shape index (κ3) is 3.36. The van der Waals surface area contributed by atoms with E-state index >= 15 is 0 Å². The summed E-state index contributed by atoms with van der Waals surface area (Å²) in [6.07, 6.45) is 0. The first-order chi connectivity index (χ1) is 9.72. The second kappa shape index (κ2) is 6.73. The average Bonchev–Trinajstić information content (AvgIpc) is 2.53. The van der Waals surface area contributed by atoms with Crippen molar-refractivity contribution in [2.24, 2.45) is 10.9 Å². The molecule has 0 amide bonds. The molecule has 0 aliphatic heterocycles. The number of hydrogen-bond donors (Lipinski definition) is 3. The van der Waals surface area contributed by atoms with Crippen molar-refractivity contribution in [3.8, 4) is 0 Å². The Kier molecular flexibility index (Phi) is 4.74. The minimum atomic E-state index is 0.134. The highest BCUT2D eigenvalue weighted by molar-refractivity contribution is 5.98. The molecule has 0 aromatic heterocycles. The van der Waals surface area contributed by atoms with Gasteiger partial charge in [0.25, 0.3) is 0 Å². The molecule has 2 aromatic carbocycles. The van der Waals surface area contributed by atoms with Crippen molar-refractivity contribution >= 4 is 5.84 Å². The lowest BCUT2D eigenvalue weighted by molar-refractivity contribution is 0.318. The van der Waals surface area contributed by atoms with Crippen LogP contribution in [0.4, 0.5) is 0 Å². The van der Waals surface area contributed by atoms with Crippen LogP contribution >= 0.6 is 0 Å². The second-order valence-electron chi connectivity index (χ2n) is 4.66. The first-order valence-electron chi connectivity index (χ1n) is 6.56. The van der Waals surface area contributed by atoms with E-state index in [0.29, 0.717) is 6.54 Å². The molecule has 1 atom stereocenters. The molecule has 0 saturated heterocycles. The van der Waals surface area contributed by atoms with Gasteiger partial charge in [-0.1, -0.05) is 59.8 Å². The maximum Gasteiger partial charge on any atom is 0.170 e. The molecule has 0 heterocycles. The molecule has 2 rings (SSSR count). The Bertz CT molecular complexity index is 581. The van der Waals surface area contributed by atoms with Gasteiger partial charge in [-0.05, 0) is 18.1 Å². The van der Waals surface area contributed by atoms with E-state index in [0.717, 1.165) is 11.1 Å². The van der Waals surface area contributed by atoms with Gasteiger partial charge in [0.1, 0.15) is 0 Å². The van der Waals surface area contributed by atoms with Crippen LogP contribution in [-0.2, 0) is 6.54 Å². The topological polar surface area (TPSA) is 70.6 Å². The van der Waals surface area contributed by atoms with E-state index in [1.54, 1.807) is 0 Å². The highest BCUT2D eigenvalue weighted by Gasteiger charge is 2.08. The van der Waals surface area contributed by atoms with Crippen molar-refractivity contribution in [2.75, 3.05) is 0 Å². The van der Waals surface area contributed by atoms with Crippen LogP contribution in [0.5, 0.6) is 0 Å². The second-order valence-corrected chi connectivity index (χ2v) is 4.66. The predicted octanol–water partition coefficient (Wildman–Crippen LogP) is 2.63. The van der Waals surface area contributed by atoms with Gasteiger partial charge in [-0.25, -0.2) is 0 Å². The molecule has 20 heavy (non-hydrogen) atoms. The number of hydrogen-bond acceptors (Lipinski definition) is 3. The maximum absolute atomic E-state index is 8.81. The molecular formula is C16H19N3O. The van der Waals surface area contributed by atoms with Crippen molar-refractivity contribution in [3.05, 3.63) is 71.3 Å². The minimum absolute atomic E-state index is 0.134. The largest absolute Gasteiger partial charge is 0.409 e. The van der Waals surface area contributed by atoms with E-state index < -0.39 is 0 Å². The fourth-order valence-corrected chi connectivity index (χ4v) is 2.10. The first-order valence-corrected chi connectivity index (χ1v) is 6.56. The SMILES string of the molecule is C[C@@H](NCc1ccccc1C(N)=NO)c1ccccc1. The van der Waals surface area contributed by atoms with Crippen LogP contribution in [0.15, 0.2) is 59.8 Å². The van der Waals surface area contributed by atoms with E-state index in [1.807, 2.05) is 42.5 Å². The zero-order chi connectivity index (χ0) is 14.4.